The maximum atomic E-state index is 13.0. The number of nitrogens with one attached hydrogen (secondary N) is 2. The maximum Gasteiger partial charge on any atom is 0.221 e. The van der Waals surface area contributed by atoms with E-state index in [2.05, 4.69) is 10.6 Å². The molecule has 0 radical (unpaired) electrons. The van der Waals surface area contributed by atoms with E-state index in [-0.39, 0.29) is 17.8 Å². The molecule has 2 N–H and O–H groups in total. The Labute approximate surface area is 87.7 Å². The lowest BCUT2D eigenvalue weighted by Crippen LogP contribution is -2.30. The van der Waals surface area contributed by atoms with Crippen LogP contribution in [0.3, 0.4) is 0 Å². The Morgan fingerprint density at radius 2 is 2.27 bits per heavy atom. The number of benzene rings is 1. The fourth-order valence-corrected chi connectivity index (χ4v) is 1.69. The molecule has 4 heteroatoms. The average molecular weight is 208 g/mol. The molecule has 1 fully saturated rings. The minimum Gasteiger partial charge on any atom is -0.348 e. The van der Waals surface area contributed by atoms with Crippen molar-refractivity contribution >= 4 is 5.91 Å². The van der Waals surface area contributed by atoms with Gasteiger partial charge in [-0.1, -0.05) is 12.1 Å². The van der Waals surface area contributed by atoms with Gasteiger partial charge in [0.05, 0.1) is 6.04 Å². The zero-order chi connectivity index (χ0) is 10.7. The molecule has 1 atom stereocenters. The molecule has 1 aliphatic heterocycles. The third-order valence-corrected chi connectivity index (χ3v) is 2.46. The molecule has 0 spiro atoms. The van der Waals surface area contributed by atoms with Gasteiger partial charge in [-0.05, 0) is 17.7 Å². The Kier molecular flexibility index (Phi) is 2.97. The molecule has 1 amide bonds. The third-order valence-electron chi connectivity index (χ3n) is 2.46. The Hall–Kier alpha value is -1.42. The van der Waals surface area contributed by atoms with Gasteiger partial charge in [-0.2, -0.15) is 0 Å². The fraction of sp³-hybridized carbons (Fsp3) is 0.364. The summed E-state index contributed by atoms with van der Waals surface area (Å²) in [5.41, 5.74) is 0.803. The van der Waals surface area contributed by atoms with Gasteiger partial charge in [0.1, 0.15) is 5.82 Å². The summed E-state index contributed by atoms with van der Waals surface area (Å²) < 4.78 is 13.0. The molecule has 1 heterocycles. The second kappa shape index (κ2) is 4.40. The Balaban J connectivity index is 2.18. The van der Waals surface area contributed by atoms with E-state index in [1.165, 1.54) is 12.1 Å². The van der Waals surface area contributed by atoms with Crippen LogP contribution in [0.15, 0.2) is 24.3 Å². The molecule has 1 aliphatic rings. The van der Waals surface area contributed by atoms with Gasteiger partial charge in [0.15, 0.2) is 0 Å². The molecule has 1 aromatic rings. The van der Waals surface area contributed by atoms with Gasteiger partial charge < -0.3 is 10.6 Å². The van der Waals surface area contributed by atoms with E-state index in [9.17, 15) is 9.18 Å². The standard InChI is InChI=1S/C11H13FN2O/c12-9-3-1-2-8(6-9)10-7-13-5-4-11(15)14-10/h1-3,6,10,13H,4-5,7H2,(H,14,15). The number of hydrogen-bond donors (Lipinski definition) is 2. The van der Waals surface area contributed by atoms with E-state index in [0.29, 0.717) is 19.5 Å². The van der Waals surface area contributed by atoms with Crippen LogP contribution in [0.1, 0.15) is 18.0 Å². The zero-order valence-corrected chi connectivity index (χ0v) is 8.29. The summed E-state index contributed by atoms with van der Waals surface area (Å²) in [7, 11) is 0. The second-order valence-electron chi connectivity index (χ2n) is 3.63. The van der Waals surface area contributed by atoms with Crippen LogP contribution in [-0.4, -0.2) is 19.0 Å². The topological polar surface area (TPSA) is 41.1 Å². The first-order chi connectivity index (χ1) is 7.25. The predicted molar refractivity (Wildman–Crippen MR) is 54.8 cm³/mol. The Morgan fingerprint density at radius 1 is 1.40 bits per heavy atom. The number of hydrogen-bond acceptors (Lipinski definition) is 2. The highest BCUT2D eigenvalue weighted by Gasteiger charge is 2.17. The van der Waals surface area contributed by atoms with Gasteiger partial charge in [-0.3, -0.25) is 4.79 Å². The molecule has 1 saturated heterocycles. The van der Waals surface area contributed by atoms with Crippen molar-refractivity contribution in [2.45, 2.75) is 12.5 Å². The quantitative estimate of drug-likeness (QED) is 0.722. The molecule has 15 heavy (non-hydrogen) atoms. The highest BCUT2D eigenvalue weighted by Crippen LogP contribution is 2.14. The van der Waals surface area contributed by atoms with E-state index in [4.69, 9.17) is 0 Å². The largest absolute Gasteiger partial charge is 0.348 e. The highest BCUT2D eigenvalue weighted by atomic mass is 19.1. The van der Waals surface area contributed by atoms with Gasteiger partial charge >= 0.3 is 0 Å². The first kappa shape index (κ1) is 10.1. The van der Waals surface area contributed by atoms with Crippen LogP contribution >= 0.6 is 0 Å². The number of rotatable bonds is 1. The highest BCUT2D eigenvalue weighted by molar-refractivity contribution is 5.77. The fourth-order valence-electron chi connectivity index (χ4n) is 1.69. The van der Waals surface area contributed by atoms with Crippen molar-refractivity contribution in [3.8, 4) is 0 Å². The van der Waals surface area contributed by atoms with Crippen molar-refractivity contribution < 1.29 is 9.18 Å². The molecule has 0 aliphatic carbocycles. The van der Waals surface area contributed by atoms with Crippen molar-refractivity contribution in [1.82, 2.24) is 10.6 Å². The van der Waals surface area contributed by atoms with Crippen LogP contribution in [0.5, 0.6) is 0 Å². The lowest BCUT2D eigenvalue weighted by molar-refractivity contribution is -0.121. The van der Waals surface area contributed by atoms with Crippen LogP contribution in [0.4, 0.5) is 4.39 Å². The summed E-state index contributed by atoms with van der Waals surface area (Å²) in [6, 6.07) is 6.20. The number of halogens is 1. The van der Waals surface area contributed by atoms with Gasteiger partial charge in [0.25, 0.3) is 0 Å². The van der Waals surface area contributed by atoms with Crippen molar-refractivity contribution in [3.63, 3.8) is 0 Å². The summed E-state index contributed by atoms with van der Waals surface area (Å²) in [5.74, 6) is -0.264. The number of amides is 1. The summed E-state index contributed by atoms with van der Waals surface area (Å²) in [4.78, 5) is 11.3. The second-order valence-corrected chi connectivity index (χ2v) is 3.63. The van der Waals surface area contributed by atoms with Crippen molar-refractivity contribution in [2.24, 2.45) is 0 Å². The maximum absolute atomic E-state index is 13.0. The lowest BCUT2D eigenvalue weighted by atomic mass is 10.1. The van der Waals surface area contributed by atoms with E-state index < -0.39 is 0 Å². The summed E-state index contributed by atoms with van der Waals surface area (Å²) in [6.07, 6.45) is 0.478. The summed E-state index contributed by atoms with van der Waals surface area (Å²) in [5, 5.41) is 5.99. The molecule has 2 rings (SSSR count). The number of carbonyl (C=O) groups is 1. The Morgan fingerprint density at radius 3 is 3.07 bits per heavy atom. The molecule has 3 nitrogen and oxygen atoms in total. The molecule has 0 aromatic heterocycles. The smallest absolute Gasteiger partial charge is 0.221 e. The molecule has 1 aromatic carbocycles. The van der Waals surface area contributed by atoms with Gasteiger partial charge in [-0.15, -0.1) is 0 Å². The molecule has 0 bridgehead atoms. The van der Waals surface area contributed by atoms with Crippen molar-refractivity contribution in [3.05, 3.63) is 35.6 Å². The monoisotopic (exact) mass is 208 g/mol. The van der Waals surface area contributed by atoms with Crippen LogP contribution < -0.4 is 10.6 Å². The van der Waals surface area contributed by atoms with Gasteiger partial charge in [-0.25, -0.2) is 4.39 Å². The average Bonchev–Trinajstić information content (AvgIpc) is 2.43. The number of carbonyl (C=O) groups excluding carboxylic acids is 1. The van der Waals surface area contributed by atoms with E-state index >= 15 is 0 Å². The van der Waals surface area contributed by atoms with Crippen LogP contribution in [0.2, 0.25) is 0 Å². The first-order valence-electron chi connectivity index (χ1n) is 5.01. The van der Waals surface area contributed by atoms with E-state index in [1.54, 1.807) is 6.07 Å². The molecule has 1 unspecified atom stereocenters. The van der Waals surface area contributed by atoms with Crippen LogP contribution in [0.25, 0.3) is 0 Å². The van der Waals surface area contributed by atoms with Gasteiger partial charge in [0.2, 0.25) is 5.91 Å². The summed E-state index contributed by atoms with van der Waals surface area (Å²) >= 11 is 0. The van der Waals surface area contributed by atoms with Crippen LogP contribution in [0, 0.1) is 5.82 Å². The van der Waals surface area contributed by atoms with Crippen LogP contribution in [-0.2, 0) is 4.79 Å². The van der Waals surface area contributed by atoms with E-state index in [0.717, 1.165) is 5.56 Å². The van der Waals surface area contributed by atoms with E-state index in [1.807, 2.05) is 6.07 Å². The van der Waals surface area contributed by atoms with Gasteiger partial charge in [0, 0.05) is 19.5 Å². The molecular weight excluding hydrogens is 195 g/mol. The summed E-state index contributed by atoms with van der Waals surface area (Å²) in [6.45, 7) is 1.33. The molecular formula is C11H13FN2O. The first-order valence-corrected chi connectivity index (χ1v) is 5.01. The normalized spacial score (nSPS) is 21.9. The van der Waals surface area contributed by atoms with Crippen molar-refractivity contribution in [2.75, 3.05) is 13.1 Å². The predicted octanol–water partition coefficient (Wildman–Crippen LogP) is 0.976. The minimum absolute atomic E-state index is 0.00858. The minimum atomic E-state index is -0.272. The molecule has 80 valence electrons. The zero-order valence-electron chi connectivity index (χ0n) is 8.29. The third kappa shape index (κ3) is 2.53. The SMILES string of the molecule is O=C1CCNCC(c2cccc(F)c2)N1. The lowest BCUT2D eigenvalue weighted by Gasteiger charge is -2.16. The van der Waals surface area contributed by atoms with Crippen molar-refractivity contribution in [1.29, 1.82) is 0 Å². The molecule has 0 saturated carbocycles. The Bertz CT molecular complexity index is 367.